The third kappa shape index (κ3) is 12.9. The van der Waals surface area contributed by atoms with E-state index in [2.05, 4.69) is 10.6 Å². The molecule has 1 heterocycles. The second-order valence-corrected chi connectivity index (χ2v) is 11.9. The van der Waals surface area contributed by atoms with E-state index >= 15 is 0 Å². The minimum Gasteiger partial charge on any atom is -0.460 e. The summed E-state index contributed by atoms with van der Waals surface area (Å²) < 4.78 is 11.2. The number of carbonyl (C=O) groups excluding carboxylic acids is 5. The van der Waals surface area contributed by atoms with Crippen LogP contribution in [0.3, 0.4) is 0 Å². The van der Waals surface area contributed by atoms with Gasteiger partial charge in [0.1, 0.15) is 12.1 Å². The maximum absolute atomic E-state index is 13.0. The average Bonchev–Trinajstić information content (AvgIpc) is 2.98. The van der Waals surface area contributed by atoms with E-state index in [1.54, 1.807) is 57.2 Å². The van der Waals surface area contributed by atoms with Gasteiger partial charge in [-0.2, -0.15) is 0 Å². The minimum absolute atomic E-state index is 0.0596. The third-order valence-electron chi connectivity index (χ3n) is 7.64. The van der Waals surface area contributed by atoms with Gasteiger partial charge in [0.2, 0.25) is 17.6 Å². The highest BCUT2D eigenvalue weighted by Gasteiger charge is 2.30. The van der Waals surface area contributed by atoms with Crippen LogP contribution in [-0.2, 0) is 33.4 Å². The average molecular weight is 625 g/mol. The maximum Gasteiger partial charge on any atom is 0.328 e. The van der Waals surface area contributed by atoms with Crippen molar-refractivity contribution >= 4 is 29.4 Å². The third-order valence-corrected chi connectivity index (χ3v) is 7.64. The van der Waals surface area contributed by atoms with Gasteiger partial charge in [0, 0.05) is 37.5 Å². The Morgan fingerprint density at radius 2 is 1.80 bits per heavy atom. The number of fused-ring (bicyclic) bond motifs is 2. The fraction of sp³-hybridized carbons (Fsp3) is 0.514. The number of Topliss-reactive ketones (excluding diaryl/α,β-unsaturated/α-hetero) is 1. The molecule has 10 nitrogen and oxygen atoms in total. The van der Waals surface area contributed by atoms with Gasteiger partial charge in [-0.15, -0.1) is 0 Å². The highest BCUT2D eigenvalue weighted by molar-refractivity contribution is 6.21. The number of aliphatic hydroxyl groups excluding tert-OH is 1. The van der Waals surface area contributed by atoms with E-state index < -0.39 is 53.7 Å². The number of methoxy groups -OCH3 is 1. The summed E-state index contributed by atoms with van der Waals surface area (Å²) >= 11 is 0. The zero-order chi connectivity index (χ0) is 33.5. The number of ether oxygens (including phenoxy) is 2. The Balaban J connectivity index is 2.28. The van der Waals surface area contributed by atoms with Crippen LogP contribution in [0.5, 0.6) is 0 Å². The first-order valence-corrected chi connectivity index (χ1v) is 15.5. The maximum atomic E-state index is 13.0. The molecule has 0 saturated heterocycles. The van der Waals surface area contributed by atoms with Crippen LogP contribution in [0.25, 0.3) is 0 Å². The molecule has 0 radical (unpaired) electrons. The van der Waals surface area contributed by atoms with E-state index in [0.717, 1.165) is 6.08 Å². The molecule has 10 heteroatoms. The molecule has 0 fully saturated rings. The number of aliphatic hydroxyl groups is 1. The Morgan fingerprint density at radius 3 is 2.49 bits per heavy atom. The molecule has 246 valence electrons. The van der Waals surface area contributed by atoms with Gasteiger partial charge in [0.25, 0.3) is 0 Å². The Hall–Kier alpha value is -3.89. The molecule has 45 heavy (non-hydrogen) atoms. The van der Waals surface area contributed by atoms with Gasteiger partial charge in [-0.1, -0.05) is 63.3 Å². The molecule has 0 aromatic carbocycles. The molecule has 0 saturated carbocycles. The van der Waals surface area contributed by atoms with Crippen molar-refractivity contribution < 1.29 is 38.6 Å². The van der Waals surface area contributed by atoms with Crippen LogP contribution in [-0.4, -0.2) is 65.9 Å². The highest BCUT2D eigenvalue weighted by Crippen LogP contribution is 2.24. The first-order chi connectivity index (χ1) is 21.3. The van der Waals surface area contributed by atoms with Crippen LogP contribution >= 0.6 is 0 Å². The zero-order valence-electron chi connectivity index (χ0n) is 27.2. The topological polar surface area (TPSA) is 148 Å². The van der Waals surface area contributed by atoms with Crippen molar-refractivity contribution in [1.82, 2.24) is 10.6 Å². The monoisotopic (exact) mass is 624 g/mol. The minimum atomic E-state index is -0.974. The predicted molar refractivity (Wildman–Crippen MR) is 171 cm³/mol. The summed E-state index contributed by atoms with van der Waals surface area (Å²) in [6, 6.07) is -0.858. The number of carbonyl (C=O) groups is 5. The van der Waals surface area contributed by atoms with Crippen molar-refractivity contribution in [2.75, 3.05) is 7.11 Å². The molecule has 2 amide bonds. The lowest BCUT2D eigenvalue weighted by molar-refractivity contribution is -0.156. The lowest BCUT2D eigenvalue weighted by Crippen LogP contribution is -2.43. The number of esters is 1. The van der Waals surface area contributed by atoms with Gasteiger partial charge < -0.3 is 25.2 Å². The van der Waals surface area contributed by atoms with Crippen molar-refractivity contribution in [2.24, 2.45) is 11.8 Å². The molecule has 1 aliphatic heterocycles. The van der Waals surface area contributed by atoms with E-state index in [-0.39, 0.29) is 30.0 Å². The Labute approximate surface area is 266 Å². The molecule has 0 unspecified atom stereocenters. The summed E-state index contributed by atoms with van der Waals surface area (Å²) in [5.41, 5.74) is 0.787. The number of allylic oxidation sites excluding steroid dienone is 8. The van der Waals surface area contributed by atoms with E-state index in [0.29, 0.717) is 37.2 Å². The van der Waals surface area contributed by atoms with Crippen molar-refractivity contribution in [1.29, 1.82) is 0 Å². The van der Waals surface area contributed by atoms with Crippen molar-refractivity contribution in [3.05, 3.63) is 71.5 Å². The molecule has 0 aromatic heterocycles. The predicted octanol–water partition coefficient (Wildman–Crippen LogP) is 4.12. The summed E-state index contributed by atoms with van der Waals surface area (Å²) in [5, 5.41) is 16.4. The van der Waals surface area contributed by atoms with E-state index in [9.17, 15) is 29.1 Å². The van der Waals surface area contributed by atoms with E-state index in [1.807, 2.05) is 19.9 Å². The fourth-order valence-corrected chi connectivity index (χ4v) is 4.77. The lowest BCUT2D eigenvalue weighted by atomic mass is 9.90. The van der Waals surface area contributed by atoms with E-state index in [4.69, 9.17) is 9.47 Å². The van der Waals surface area contributed by atoms with Gasteiger partial charge in [-0.3, -0.25) is 19.2 Å². The number of ketones is 2. The molecule has 2 rings (SSSR count). The standard InChI is InChI=1S/C35H48N2O8/c1-22(2)17-18-31(39)36-25(5)35(43)45-30-16-11-9-7-8-10-15-28(44-6)21-32(40)37-29-20-27(38)19-26(34(29)42)14-12-13-23(3)33(41)24(30)4/h7-11,13,15,19-20,22,24-25,28,30,33,41H,12,14,16-18,21H2,1-6H3,(H,36,39)(H,37,40)/b8-7+,11-9+,15-10-,23-13-/t24-,25-,28+,30+,33+/m1/s1. The Morgan fingerprint density at radius 1 is 1.09 bits per heavy atom. The SMILES string of the molecule is CO[C@H]1\C=C/C=C/C=C/C[C@H](OC(=O)[C@@H](C)NC(=O)CCC(C)C)[C@@H](C)[C@@H](O)/C(C)=C\CCC2=CC(=O)C=C(NC(=O)C1)C2=O. The first kappa shape index (κ1) is 37.3. The van der Waals surface area contributed by atoms with Gasteiger partial charge in [0.15, 0.2) is 5.78 Å². The summed E-state index contributed by atoms with van der Waals surface area (Å²) in [5.74, 6) is -2.28. The fourth-order valence-electron chi connectivity index (χ4n) is 4.77. The number of hydrogen-bond acceptors (Lipinski definition) is 8. The number of nitrogens with one attached hydrogen (secondary N) is 2. The van der Waals surface area contributed by atoms with Crippen LogP contribution in [0.2, 0.25) is 0 Å². The molecule has 2 bridgehead atoms. The molecule has 1 aliphatic carbocycles. The van der Waals surface area contributed by atoms with Crippen molar-refractivity contribution in [3.8, 4) is 0 Å². The molecular formula is C35H48N2O8. The molecular weight excluding hydrogens is 576 g/mol. The summed E-state index contributed by atoms with van der Waals surface area (Å²) in [6.45, 7) is 9.15. The molecule has 2 aliphatic rings. The molecule has 5 atom stereocenters. The van der Waals surface area contributed by atoms with E-state index in [1.165, 1.54) is 13.2 Å². The van der Waals surface area contributed by atoms with Gasteiger partial charge in [0.05, 0.1) is 24.3 Å². The Kier molecular flexibility index (Phi) is 15.6. The Bertz CT molecular complexity index is 1270. The summed E-state index contributed by atoms with van der Waals surface area (Å²) in [6.07, 6.45) is 14.3. The lowest BCUT2D eigenvalue weighted by Gasteiger charge is -2.29. The van der Waals surface area contributed by atoms with Gasteiger partial charge in [-0.25, -0.2) is 4.79 Å². The number of hydrogen-bond donors (Lipinski definition) is 3. The largest absolute Gasteiger partial charge is 0.460 e. The van der Waals surface area contributed by atoms with Crippen LogP contribution in [0.15, 0.2) is 71.5 Å². The van der Waals surface area contributed by atoms with Crippen LogP contribution < -0.4 is 10.6 Å². The van der Waals surface area contributed by atoms with Gasteiger partial charge in [-0.05, 0) is 50.7 Å². The normalized spacial score (nSPS) is 27.8. The second kappa shape index (κ2) is 18.8. The van der Waals surface area contributed by atoms with Crippen LogP contribution in [0.1, 0.15) is 73.1 Å². The second-order valence-electron chi connectivity index (χ2n) is 11.9. The first-order valence-electron chi connectivity index (χ1n) is 15.5. The summed E-state index contributed by atoms with van der Waals surface area (Å²) in [7, 11) is 1.47. The summed E-state index contributed by atoms with van der Waals surface area (Å²) in [4.78, 5) is 63.2. The molecule has 0 aromatic rings. The van der Waals surface area contributed by atoms with Gasteiger partial charge >= 0.3 is 5.97 Å². The molecule has 0 spiro atoms. The van der Waals surface area contributed by atoms with Crippen LogP contribution in [0.4, 0.5) is 0 Å². The molecule has 3 N–H and O–H groups in total. The number of rotatable bonds is 7. The van der Waals surface area contributed by atoms with Crippen molar-refractivity contribution in [2.45, 2.75) is 97.5 Å². The van der Waals surface area contributed by atoms with Crippen LogP contribution in [0, 0.1) is 11.8 Å². The zero-order valence-corrected chi connectivity index (χ0v) is 27.2. The number of amides is 2. The smallest absolute Gasteiger partial charge is 0.328 e. The van der Waals surface area contributed by atoms with Crippen molar-refractivity contribution in [3.63, 3.8) is 0 Å². The quantitative estimate of drug-likeness (QED) is 0.218. The highest BCUT2D eigenvalue weighted by atomic mass is 16.5.